The van der Waals surface area contributed by atoms with Gasteiger partial charge < -0.3 is 16.0 Å². The number of nitrogens with zero attached hydrogens (tertiary/aromatic N) is 1. The summed E-state index contributed by atoms with van der Waals surface area (Å²) >= 11 is 0. The lowest BCUT2D eigenvalue weighted by molar-refractivity contribution is -0.120. The van der Waals surface area contributed by atoms with E-state index in [4.69, 9.17) is 5.73 Å². The SMILES string of the molecule is CCC1CCC(N(C)CCC(NC2CC2)C(N)=O)CC1. The maximum Gasteiger partial charge on any atom is 0.234 e. The van der Waals surface area contributed by atoms with Crippen LogP contribution in [0.3, 0.4) is 0 Å². The first-order valence-corrected chi connectivity index (χ1v) is 8.35. The van der Waals surface area contributed by atoms with Gasteiger partial charge in [-0.3, -0.25) is 4.79 Å². The Balaban J connectivity index is 1.70. The Labute approximate surface area is 123 Å². The van der Waals surface area contributed by atoms with Gasteiger partial charge in [0, 0.05) is 18.6 Å². The zero-order valence-corrected chi connectivity index (χ0v) is 13.1. The Morgan fingerprint density at radius 3 is 2.40 bits per heavy atom. The number of amides is 1. The van der Waals surface area contributed by atoms with E-state index in [1.54, 1.807) is 0 Å². The standard InChI is InChI=1S/C16H31N3O/c1-3-12-4-8-14(9-5-12)19(2)11-10-15(16(17)20)18-13-6-7-13/h12-15,18H,3-11H2,1-2H3,(H2,17,20). The van der Waals surface area contributed by atoms with Gasteiger partial charge >= 0.3 is 0 Å². The molecule has 2 rings (SSSR count). The van der Waals surface area contributed by atoms with E-state index in [-0.39, 0.29) is 11.9 Å². The molecule has 0 aliphatic heterocycles. The molecule has 116 valence electrons. The molecule has 4 nitrogen and oxygen atoms in total. The minimum absolute atomic E-state index is 0.142. The van der Waals surface area contributed by atoms with Crippen LogP contribution < -0.4 is 11.1 Å². The summed E-state index contributed by atoms with van der Waals surface area (Å²) in [4.78, 5) is 13.9. The van der Waals surface area contributed by atoms with Crippen molar-refractivity contribution in [3.05, 3.63) is 0 Å². The highest BCUT2D eigenvalue weighted by molar-refractivity contribution is 5.79. The van der Waals surface area contributed by atoms with Gasteiger partial charge in [0.1, 0.15) is 0 Å². The van der Waals surface area contributed by atoms with Gasteiger partial charge in [-0.25, -0.2) is 0 Å². The Bertz CT molecular complexity index is 309. The highest BCUT2D eigenvalue weighted by Gasteiger charge is 2.28. The molecule has 2 aliphatic carbocycles. The molecule has 0 bridgehead atoms. The molecule has 0 spiro atoms. The third-order valence-electron chi connectivity index (χ3n) is 5.15. The molecule has 0 aromatic rings. The van der Waals surface area contributed by atoms with Crippen molar-refractivity contribution < 1.29 is 4.79 Å². The summed E-state index contributed by atoms with van der Waals surface area (Å²) in [7, 11) is 2.20. The molecule has 0 heterocycles. The maximum atomic E-state index is 11.5. The molecular weight excluding hydrogens is 250 g/mol. The van der Waals surface area contributed by atoms with Crippen LogP contribution in [-0.2, 0) is 4.79 Å². The fraction of sp³-hybridized carbons (Fsp3) is 0.938. The summed E-state index contributed by atoms with van der Waals surface area (Å²) in [6.07, 6.45) is 9.91. The molecular formula is C16H31N3O. The van der Waals surface area contributed by atoms with Crippen LogP contribution in [0, 0.1) is 5.92 Å². The number of carbonyl (C=O) groups is 1. The van der Waals surface area contributed by atoms with Gasteiger partial charge in [0.2, 0.25) is 5.91 Å². The van der Waals surface area contributed by atoms with E-state index in [0.717, 1.165) is 18.9 Å². The Morgan fingerprint density at radius 2 is 1.90 bits per heavy atom. The monoisotopic (exact) mass is 281 g/mol. The van der Waals surface area contributed by atoms with E-state index in [0.29, 0.717) is 12.1 Å². The predicted molar refractivity (Wildman–Crippen MR) is 82.4 cm³/mol. The fourth-order valence-electron chi connectivity index (χ4n) is 3.35. The van der Waals surface area contributed by atoms with Crippen molar-refractivity contribution in [1.82, 2.24) is 10.2 Å². The quantitative estimate of drug-likeness (QED) is 0.714. The van der Waals surface area contributed by atoms with Gasteiger partial charge in [-0.1, -0.05) is 13.3 Å². The van der Waals surface area contributed by atoms with Crippen molar-refractivity contribution in [2.75, 3.05) is 13.6 Å². The largest absolute Gasteiger partial charge is 0.368 e. The second kappa shape index (κ2) is 7.41. The summed E-state index contributed by atoms with van der Waals surface area (Å²) in [5.41, 5.74) is 5.49. The Kier molecular flexibility index (Phi) is 5.85. The smallest absolute Gasteiger partial charge is 0.234 e. The molecule has 4 heteroatoms. The first-order chi connectivity index (χ1) is 9.60. The number of nitrogens with two attached hydrogens (primary N) is 1. The molecule has 0 aromatic heterocycles. The second-order valence-corrected chi connectivity index (χ2v) is 6.75. The lowest BCUT2D eigenvalue weighted by Crippen LogP contribution is -2.45. The van der Waals surface area contributed by atoms with E-state index in [1.807, 2.05) is 0 Å². The molecule has 1 atom stereocenters. The third kappa shape index (κ3) is 4.74. The summed E-state index contributed by atoms with van der Waals surface area (Å²) in [5.74, 6) is 0.745. The van der Waals surface area contributed by atoms with Crippen LogP contribution in [-0.4, -0.2) is 42.5 Å². The third-order valence-corrected chi connectivity index (χ3v) is 5.15. The number of nitrogens with one attached hydrogen (secondary N) is 1. The number of rotatable bonds is 8. The average Bonchev–Trinajstić information content (AvgIpc) is 3.27. The maximum absolute atomic E-state index is 11.5. The lowest BCUT2D eigenvalue weighted by atomic mass is 9.84. The first kappa shape index (κ1) is 15.8. The number of hydrogen-bond donors (Lipinski definition) is 2. The van der Waals surface area contributed by atoms with Crippen molar-refractivity contribution in [2.24, 2.45) is 11.7 Å². The van der Waals surface area contributed by atoms with Gasteiger partial charge in [-0.15, -0.1) is 0 Å². The van der Waals surface area contributed by atoms with Crippen molar-refractivity contribution in [1.29, 1.82) is 0 Å². The molecule has 2 saturated carbocycles. The topological polar surface area (TPSA) is 58.4 Å². The predicted octanol–water partition coefficient (Wildman–Crippen LogP) is 1.88. The molecule has 3 N–H and O–H groups in total. The van der Waals surface area contributed by atoms with Gasteiger partial charge in [0.25, 0.3) is 0 Å². The molecule has 0 radical (unpaired) electrons. The van der Waals surface area contributed by atoms with Crippen molar-refractivity contribution in [3.63, 3.8) is 0 Å². The highest BCUT2D eigenvalue weighted by Crippen LogP contribution is 2.29. The van der Waals surface area contributed by atoms with Crippen LogP contribution >= 0.6 is 0 Å². The van der Waals surface area contributed by atoms with Gasteiger partial charge in [-0.2, -0.15) is 0 Å². The highest BCUT2D eigenvalue weighted by atomic mass is 16.1. The van der Waals surface area contributed by atoms with Crippen LogP contribution in [0.2, 0.25) is 0 Å². The van der Waals surface area contributed by atoms with Gasteiger partial charge in [0.15, 0.2) is 0 Å². The van der Waals surface area contributed by atoms with Crippen LogP contribution in [0.25, 0.3) is 0 Å². The second-order valence-electron chi connectivity index (χ2n) is 6.75. The minimum atomic E-state index is -0.194. The Hall–Kier alpha value is -0.610. The normalized spacial score (nSPS) is 28.6. The molecule has 0 saturated heterocycles. The summed E-state index contributed by atoms with van der Waals surface area (Å²) < 4.78 is 0. The molecule has 1 unspecified atom stereocenters. The molecule has 0 aromatic carbocycles. The molecule has 2 aliphatic rings. The molecule has 20 heavy (non-hydrogen) atoms. The fourth-order valence-corrected chi connectivity index (χ4v) is 3.35. The van der Waals surface area contributed by atoms with Crippen LogP contribution in [0.4, 0.5) is 0 Å². The zero-order valence-electron chi connectivity index (χ0n) is 13.1. The van der Waals surface area contributed by atoms with E-state index >= 15 is 0 Å². The summed E-state index contributed by atoms with van der Waals surface area (Å²) in [6.45, 7) is 3.27. The lowest BCUT2D eigenvalue weighted by Gasteiger charge is -2.35. The summed E-state index contributed by atoms with van der Waals surface area (Å²) in [6, 6.07) is 1.10. The van der Waals surface area contributed by atoms with Crippen LogP contribution in [0.15, 0.2) is 0 Å². The summed E-state index contributed by atoms with van der Waals surface area (Å²) in [5, 5.41) is 3.36. The minimum Gasteiger partial charge on any atom is -0.368 e. The van der Waals surface area contributed by atoms with Crippen molar-refractivity contribution in [2.45, 2.75) is 76.4 Å². The molecule has 2 fully saturated rings. The number of hydrogen-bond acceptors (Lipinski definition) is 3. The van der Waals surface area contributed by atoms with E-state index in [2.05, 4.69) is 24.2 Å². The van der Waals surface area contributed by atoms with Gasteiger partial charge in [0.05, 0.1) is 6.04 Å². The van der Waals surface area contributed by atoms with E-state index in [9.17, 15) is 4.79 Å². The van der Waals surface area contributed by atoms with Crippen molar-refractivity contribution in [3.8, 4) is 0 Å². The Morgan fingerprint density at radius 1 is 1.25 bits per heavy atom. The molecule has 1 amide bonds. The number of primary amides is 1. The van der Waals surface area contributed by atoms with E-state index < -0.39 is 0 Å². The number of carbonyl (C=O) groups excluding carboxylic acids is 1. The van der Waals surface area contributed by atoms with Gasteiger partial charge in [-0.05, 0) is 57.9 Å². The average molecular weight is 281 g/mol. The first-order valence-electron chi connectivity index (χ1n) is 8.35. The van der Waals surface area contributed by atoms with Crippen molar-refractivity contribution >= 4 is 5.91 Å². The van der Waals surface area contributed by atoms with E-state index in [1.165, 1.54) is 44.9 Å². The van der Waals surface area contributed by atoms with Crippen LogP contribution in [0.1, 0.15) is 58.3 Å². The zero-order chi connectivity index (χ0) is 14.5. The van der Waals surface area contributed by atoms with Crippen LogP contribution in [0.5, 0.6) is 0 Å².